The first kappa shape index (κ1) is 12.5. The summed E-state index contributed by atoms with van der Waals surface area (Å²) in [5, 5.41) is 5.76. The zero-order valence-electron chi connectivity index (χ0n) is 8.51. The number of pyridine rings is 1. The predicted molar refractivity (Wildman–Crippen MR) is 55.9 cm³/mol. The van der Waals surface area contributed by atoms with Gasteiger partial charge in [0.15, 0.2) is 0 Å². The van der Waals surface area contributed by atoms with Gasteiger partial charge in [-0.3, -0.25) is 5.32 Å². The zero-order chi connectivity index (χ0) is 12.0. The molecule has 0 fully saturated rings. The third kappa shape index (κ3) is 3.90. The standard InChI is InChI=1S/C10H12F3N3/c1-2-5-14-7-16-9-4-3-8(6-15-9)10(11,12)13/h2-4,6,14H,1,5,7H2,(H,15,16). The first-order valence-corrected chi connectivity index (χ1v) is 4.63. The van der Waals surface area contributed by atoms with Crippen LogP contribution in [0.5, 0.6) is 0 Å². The SMILES string of the molecule is C=CCNCNc1ccc(C(F)(F)F)cn1. The summed E-state index contributed by atoms with van der Waals surface area (Å²) in [4.78, 5) is 3.65. The average molecular weight is 231 g/mol. The summed E-state index contributed by atoms with van der Waals surface area (Å²) in [6.07, 6.45) is -1.86. The third-order valence-electron chi connectivity index (χ3n) is 1.77. The molecule has 1 aromatic rings. The highest BCUT2D eigenvalue weighted by atomic mass is 19.4. The lowest BCUT2D eigenvalue weighted by atomic mass is 10.3. The van der Waals surface area contributed by atoms with Gasteiger partial charge < -0.3 is 5.32 Å². The van der Waals surface area contributed by atoms with Gasteiger partial charge >= 0.3 is 6.18 Å². The molecule has 3 nitrogen and oxygen atoms in total. The van der Waals surface area contributed by atoms with Crippen molar-refractivity contribution in [2.45, 2.75) is 6.18 Å². The minimum atomic E-state index is -4.34. The van der Waals surface area contributed by atoms with E-state index in [9.17, 15) is 13.2 Å². The van der Waals surface area contributed by atoms with Crippen LogP contribution in [0, 0.1) is 0 Å². The number of nitrogens with one attached hydrogen (secondary N) is 2. The van der Waals surface area contributed by atoms with Crippen LogP contribution in [0.1, 0.15) is 5.56 Å². The highest BCUT2D eigenvalue weighted by Crippen LogP contribution is 2.28. The molecule has 1 rings (SSSR count). The lowest BCUT2D eigenvalue weighted by molar-refractivity contribution is -0.137. The highest BCUT2D eigenvalue weighted by molar-refractivity contribution is 5.35. The number of nitrogens with zero attached hydrogens (tertiary/aromatic N) is 1. The molecule has 0 radical (unpaired) electrons. The van der Waals surface area contributed by atoms with Crippen molar-refractivity contribution in [3.8, 4) is 0 Å². The van der Waals surface area contributed by atoms with Gasteiger partial charge in [0.05, 0.1) is 12.2 Å². The average Bonchev–Trinajstić information content (AvgIpc) is 2.24. The molecule has 0 aromatic carbocycles. The van der Waals surface area contributed by atoms with Crippen molar-refractivity contribution in [2.24, 2.45) is 0 Å². The fourth-order valence-corrected chi connectivity index (χ4v) is 0.993. The van der Waals surface area contributed by atoms with Gasteiger partial charge in [-0.15, -0.1) is 6.58 Å². The summed E-state index contributed by atoms with van der Waals surface area (Å²) in [7, 11) is 0. The molecule has 0 bridgehead atoms. The Morgan fingerprint density at radius 3 is 2.62 bits per heavy atom. The van der Waals surface area contributed by atoms with Crippen LogP contribution < -0.4 is 10.6 Å². The van der Waals surface area contributed by atoms with Gasteiger partial charge in [0.1, 0.15) is 5.82 Å². The normalized spacial score (nSPS) is 11.2. The van der Waals surface area contributed by atoms with Crippen molar-refractivity contribution in [2.75, 3.05) is 18.5 Å². The van der Waals surface area contributed by atoms with E-state index < -0.39 is 11.7 Å². The van der Waals surface area contributed by atoms with Crippen molar-refractivity contribution in [3.05, 3.63) is 36.5 Å². The maximum Gasteiger partial charge on any atom is 0.417 e. The van der Waals surface area contributed by atoms with Crippen molar-refractivity contribution >= 4 is 5.82 Å². The van der Waals surface area contributed by atoms with Gasteiger partial charge in [-0.05, 0) is 12.1 Å². The minimum absolute atomic E-state index is 0.393. The molecule has 0 aliphatic rings. The second-order valence-electron chi connectivity index (χ2n) is 3.03. The number of anilines is 1. The second kappa shape index (κ2) is 5.50. The summed E-state index contributed by atoms with van der Waals surface area (Å²) >= 11 is 0. The molecule has 0 unspecified atom stereocenters. The molecule has 88 valence electrons. The molecule has 0 saturated heterocycles. The van der Waals surface area contributed by atoms with Crippen LogP contribution in [-0.2, 0) is 6.18 Å². The monoisotopic (exact) mass is 231 g/mol. The molecule has 0 amide bonds. The van der Waals surface area contributed by atoms with Crippen LogP contribution >= 0.6 is 0 Å². The van der Waals surface area contributed by atoms with E-state index in [1.165, 1.54) is 6.07 Å². The number of aromatic nitrogens is 1. The quantitative estimate of drug-likeness (QED) is 0.463. The Bertz CT molecular complexity index is 332. The number of hydrogen-bond donors (Lipinski definition) is 2. The smallest absolute Gasteiger partial charge is 0.358 e. The van der Waals surface area contributed by atoms with Crippen molar-refractivity contribution in [1.82, 2.24) is 10.3 Å². The van der Waals surface area contributed by atoms with E-state index in [-0.39, 0.29) is 0 Å². The van der Waals surface area contributed by atoms with Crippen LogP contribution in [0.25, 0.3) is 0 Å². The van der Waals surface area contributed by atoms with Crippen molar-refractivity contribution < 1.29 is 13.2 Å². The van der Waals surface area contributed by atoms with E-state index >= 15 is 0 Å². The minimum Gasteiger partial charge on any atom is -0.358 e. The topological polar surface area (TPSA) is 37.0 Å². The van der Waals surface area contributed by atoms with E-state index in [2.05, 4.69) is 22.2 Å². The van der Waals surface area contributed by atoms with Gasteiger partial charge in [-0.2, -0.15) is 13.2 Å². The van der Waals surface area contributed by atoms with Crippen molar-refractivity contribution in [3.63, 3.8) is 0 Å². The zero-order valence-corrected chi connectivity index (χ0v) is 8.51. The number of alkyl halides is 3. The summed E-state index contributed by atoms with van der Waals surface area (Å²) in [5.74, 6) is 0.393. The molecule has 0 spiro atoms. The Morgan fingerprint density at radius 2 is 2.12 bits per heavy atom. The fourth-order valence-electron chi connectivity index (χ4n) is 0.993. The molecule has 0 atom stereocenters. The first-order chi connectivity index (χ1) is 7.54. The van der Waals surface area contributed by atoms with Crippen LogP contribution in [0.15, 0.2) is 31.0 Å². The molecule has 0 aliphatic heterocycles. The largest absolute Gasteiger partial charge is 0.417 e. The Morgan fingerprint density at radius 1 is 1.38 bits per heavy atom. The molecular weight excluding hydrogens is 219 g/mol. The van der Waals surface area contributed by atoms with Crippen LogP contribution in [0.3, 0.4) is 0 Å². The predicted octanol–water partition coefficient (Wildman–Crippen LogP) is 2.25. The summed E-state index contributed by atoms with van der Waals surface area (Å²) in [6, 6.07) is 2.28. The number of hydrogen-bond acceptors (Lipinski definition) is 3. The fraction of sp³-hybridized carbons (Fsp3) is 0.300. The molecule has 6 heteroatoms. The maximum atomic E-state index is 12.2. The van der Waals surface area contributed by atoms with E-state index in [0.29, 0.717) is 19.0 Å². The lowest BCUT2D eigenvalue weighted by Crippen LogP contribution is -2.22. The van der Waals surface area contributed by atoms with Crippen molar-refractivity contribution in [1.29, 1.82) is 0 Å². The highest BCUT2D eigenvalue weighted by Gasteiger charge is 2.30. The van der Waals surface area contributed by atoms with Crippen LogP contribution in [0.2, 0.25) is 0 Å². The van der Waals surface area contributed by atoms with Crippen LogP contribution in [-0.4, -0.2) is 18.2 Å². The van der Waals surface area contributed by atoms with Crippen LogP contribution in [0.4, 0.5) is 19.0 Å². The summed E-state index contributed by atoms with van der Waals surface area (Å²) in [5.41, 5.74) is -0.753. The Hall–Kier alpha value is -1.56. The van der Waals surface area contributed by atoms with Gasteiger partial charge in [0.2, 0.25) is 0 Å². The number of halogens is 3. The van der Waals surface area contributed by atoms with E-state index in [1.54, 1.807) is 6.08 Å². The van der Waals surface area contributed by atoms with E-state index in [1.807, 2.05) is 0 Å². The lowest BCUT2D eigenvalue weighted by Gasteiger charge is -2.08. The van der Waals surface area contributed by atoms with Gasteiger partial charge in [-0.1, -0.05) is 6.08 Å². The van der Waals surface area contributed by atoms with Gasteiger partial charge in [0, 0.05) is 12.7 Å². The van der Waals surface area contributed by atoms with E-state index in [0.717, 1.165) is 12.3 Å². The molecular formula is C10H12F3N3. The Kier molecular flexibility index (Phi) is 4.30. The Balaban J connectivity index is 2.48. The van der Waals surface area contributed by atoms with Gasteiger partial charge in [-0.25, -0.2) is 4.98 Å². The molecule has 1 aromatic heterocycles. The summed E-state index contributed by atoms with van der Waals surface area (Å²) < 4.78 is 36.6. The molecule has 16 heavy (non-hydrogen) atoms. The molecule has 2 N–H and O–H groups in total. The second-order valence-corrected chi connectivity index (χ2v) is 3.03. The third-order valence-corrected chi connectivity index (χ3v) is 1.77. The Labute approximate surface area is 91.4 Å². The first-order valence-electron chi connectivity index (χ1n) is 4.63. The van der Waals surface area contributed by atoms with E-state index in [4.69, 9.17) is 0 Å². The summed E-state index contributed by atoms with van der Waals surface area (Å²) in [6.45, 7) is 4.55. The molecule has 0 aliphatic carbocycles. The number of rotatable bonds is 5. The molecule has 1 heterocycles. The maximum absolute atomic E-state index is 12.2. The molecule has 0 saturated carbocycles. The van der Waals surface area contributed by atoms with Gasteiger partial charge in [0.25, 0.3) is 0 Å².